The van der Waals surface area contributed by atoms with Crippen molar-refractivity contribution in [2.45, 2.75) is 4.90 Å². The molecule has 0 saturated carbocycles. The highest BCUT2D eigenvalue weighted by Crippen LogP contribution is 2.21. The Morgan fingerprint density at radius 3 is 2.21 bits per heavy atom. The smallest absolute Gasteiger partial charge is 0.251 e. The summed E-state index contributed by atoms with van der Waals surface area (Å²) in [6, 6.07) is 6.30. The maximum absolute atomic E-state index is 12.5. The van der Waals surface area contributed by atoms with Crippen molar-refractivity contribution in [3.05, 3.63) is 42.2 Å². The molecule has 0 aliphatic carbocycles. The van der Waals surface area contributed by atoms with Gasteiger partial charge in [-0.2, -0.15) is 4.31 Å². The van der Waals surface area contributed by atoms with E-state index >= 15 is 0 Å². The van der Waals surface area contributed by atoms with Crippen molar-refractivity contribution in [2.75, 3.05) is 26.3 Å². The number of sulfonamides is 1. The van der Waals surface area contributed by atoms with Crippen LogP contribution in [-0.2, 0) is 14.8 Å². The second-order valence-corrected chi connectivity index (χ2v) is 7.14. The van der Waals surface area contributed by atoms with E-state index in [0.29, 0.717) is 37.7 Å². The minimum Gasteiger partial charge on any atom is -0.379 e. The molecule has 2 heterocycles. The standard InChI is InChI=1S/C15H16N4O4S/c16-14(20)12-9-17-15(18-10-12)11-1-3-13(4-2-11)24(21,22)19-5-7-23-8-6-19/h1-4,9-10H,5-8H2,(H2,16,20). The number of morpholine rings is 1. The van der Waals surface area contributed by atoms with Gasteiger partial charge in [-0.15, -0.1) is 0 Å². The third kappa shape index (κ3) is 3.28. The molecule has 1 aromatic carbocycles. The van der Waals surface area contributed by atoms with Crippen LogP contribution in [0.4, 0.5) is 0 Å². The molecule has 0 bridgehead atoms. The second-order valence-electron chi connectivity index (χ2n) is 5.20. The summed E-state index contributed by atoms with van der Waals surface area (Å²) < 4.78 is 31.7. The number of aromatic nitrogens is 2. The fourth-order valence-electron chi connectivity index (χ4n) is 2.32. The van der Waals surface area contributed by atoms with Gasteiger partial charge in [-0.05, 0) is 24.3 Å². The lowest BCUT2D eigenvalue weighted by Gasteiger charge is -2.26. The van der Waals surface area contributed by atoms with Gasteiger partial charge in [-0.1, -0.05) is 0 Å². The van der Waals surface area contributed by atoms with E-state index in [9.17, 15) is 13.2 Å². The first-order valence-corrected chi connectivity index (χ1v) is 8.73. The molecule has 0 atom stereocenters. The third-order valence-electron chi connectivity index (χ3n) is 3.66. The summed E-state index contributed by atoms with van der Waals surface area (Å²) in [5.41, 5.74) is 6.00. The van der Waals surface area contributed by atoms with Gasteiger partial charge >= 0.3 is 0 Å². The van der Waals surface area contributed by atoms with Gasteiger partial charge in [-0.25, -0.2) is 18.4 Å². The lowest BCUT2D eigenvalue weighted by Crippen LogP contribution is -2.40. The van der Waals surface area contributed by atoms with E-state index in [1.165, 1.54) is 28.8 Å². The Labute approximate surface area is 139 Å². The van der Waals surface area contributed by atoms with E-state index in [0.717, 1.165) is 0 Å². The average Bonchev–Trinajstić information content (AvgIpc) is 2.62. The molecule has 1 fully saturated rings. The predicted molar refractivity (Wildman–Crippen MR) is 85.6 cm³/mol. The van der Waals surface area contributed by atoms with Gasteiger partial charge in [0.25, 0.3) is 5.91 Å². The van der Waals surface area contributed by atoms with Gasteiger partial charge in [-0.3, -0.25) is 4.79 Å². The van der Waals surface area contributed by atoms with Crippen LogP contribution in [0.1, 0.15) is 10.4 Å². The monoisotopic (exact) mass is 348 g/mol. The van der Waals surface area contributed by atoms with Crippen LogP contribution in [0.5, 0.6) is 0 Å². The summed E-state index contributed by atoms with van der Waals surface area (Å²) in [7, 11) is -3.53. The van der Waals surface area contributed by atoms with E-state index < -0.39 is 15.9 Å². The molecule has 2 N–H and O–H groups in total. The van der Waals surface area contributed by atoms with E-state index in [1.807, 2.05) is 0 Å². The lowest BCUT2D eigenvalue weighted by molar-refractivity contribution is 0.0730. The molecule has 1 aliphatic heterocycles. The first kappa shape index (κ1) is 16.5. The molecule has 1 amide bonds. The van der Waals surface area contributed by atoms with Crippen molar-refractivity contribution in [3.63, 3.8) is 0 Å². The number of benzene rings is 1. The number of hydrogen-bond acceptors (Lipinski definition) is 6. The Hall–Kier alpha value is -2.36. The molecule has 8 nitrogen and oxygen atoms in total. The fraction of sp³-hybridized carbons (Fsp3) is 0.267. The van der Waals surface area contributed by atoms with Crippen LogP contribution < -0.4 is 5.73 Å². The molecule has 0 radical (unpaired) electrons. The SMILES string of the molecule is NC(=O)c1cnc(-c2ccc(S(=O)(=O)N3CCOCC3)cc2)nc1. The number of ether oxygens (including phenoxy) is 1. The zero-order valence-electron chi connectivity index (χ0n) is 12.8. The molecule has 1 saturated heterocycles. The maximum atomic E-state index is 12.5. The highest BCUT2D eigenvalue weighted by Gasteiger charge is 2.26. The number of rotatable bonds is 4. The fourth-order valence-corrected chi connectivity index (χ4v) is 3.72. The minimum atomic E-state index is -3.53. The minimum absolute atomic E-state index is 0.210. The first-order valence-electron chi connectivity index (χ1n) is 7.28. The normalized spacial score (nSPS) is 16.0. The van der Waals surface area contributed by atoms with E-state index in [2.05, 4.69) is 9.97 Å². The highest BCUT2D eigenvalue weighted by molar-refractivity contribution is 7.89. The van der Waals surface area contributed by atoms with Crippen LogP contribution in [0.15, 0.2) is 41.6 Å². The van der Waals surface area contributed by atoms with Crippen LogP contribution in [0, 0.1) is 0 Å². The number of nitrogens with zero attached hydrogens (tertiary/aromatic N) is 3. The van der Waals surface area contributed by atoms with Crippen LogP contribution in [-0.4, -0.2) is 54.9 Å². The average molecular weight is 348 g/mol. The van der Waals surface area contributed by atoms with Gasteiger partial charge in [0.1, 0.15) is 0 Å². The van der Waals surface area contributed by atoms with Crippen molar-refractivity contribution in [2.24, 2.45) is 5.73 Å². The highest BCUT2D eigenvalue weighted by atomic mass is 32.2. The molecular weight excluding hydrogens is 332 g/mol. The van der Waals surface area contributed by atoms with Gasteiger partial charge in [0.05, 0.1) is 23.7 Å². The summed E-state index contributed by atoms with van der Waals surface area (Å²) in [6.07, 6.45) is 2.67. The molecule has 1 aromatic heterocycles. The number of amides is 1. The van der Waals surface area contributed by atoms with Crippen LogP contribution in [0.25, 0.3) is 11.4 Å². The maximum Gasteiger partial charge on any atom is 0.251 e. The quantitative estimate of drug-likeness (QED) is 0.847. The van der Waals surface area contributed by atoms with Crippen molar-refractivity contribution in [3.8, 4) is 11.4 Å². The number of primary amides is 1. The van der Waals surface area contributed by atoms with Crippen molar-refractivity contribution in [1.29, 1.82) is 0 Å². The molecule has 0 spiro atoms. The summed E-state index contributed by atoms with van der Waals surface area (Å²) in [6.45, 7) is 1.50. The zero-order chi connectivity index (χ0) is 17.2. The number of carbonyl (C=O) groups is 1. The molecule has 2 aromatic rings. The Morgan fingerprint density at radius 1 is 1.08 bits per heavy atom. The zero-order valence-corrected chi connectivity index (χ0v) is 13.6. The largest absolute Gasteiger partial charge is 0.379 e. The second kappa shape index (κ2) is 6.63. The van der Waals surface area contributed by atoms with Crippen molar-refractivity contribution in [1.82, 2.24) is 14.3 Å². The molecule has 3 rings (SSSR count). The summed E-state index contributed by atoms with van der Waals surface area (Å²) >= 11 is 0. The first-order chi connectivity index (χ1) is 11.5. The van der Waals surface area contributed by atoms with E-state index in [-0.39, 0.29) is 10.5 Å². The summed E-state index contributed by atoms with van der Waals surface area (Å²) in [5.74, 6) is -0.219. The Morgan fingerprint density at radius 2 is 1.67 bits per heavy atom. The molecule has 0 unspecified atom stereocenters. The van der Waals surface area contributed by atoms with Crippen molar-refractivity contribution >= 4 is 15.9 Å². The van der Waals surface area contributed by atoms with E-state index in [1.54, 1.807) is 12.1 Å². The topological polar surface area (TPSA) is 115 Å². The van der Waals surface area contributed by atoms with Crippen LogP contribution in [0.3, 0.4) is 0 Å². The van der Waals surface area contributed by atoms with Crippen molar-refractivity contribution < 1.29 is 17.9 Å². The van der Waals surface area contributed by atoms with Gasteiger partial charge in [0.15, 0.2) is 5.82 Å². The molecule has 24 heavy (non-hydrogen) atoms. The Kier molecular flexibility index (Phi) is 4.56. The lowest BCUT2D eigenvalue weighted by atomic mass is 10.2. The molecule has 126 valence electrons. The molecular formula is C15H16N4O4S. The number of carbonyl (C=O) groups excluding carboxylic acids is 1. The van der Waals surface area contributed by atoms with Crippen LogP contribution in [0.2, 0.25) is 0 Å². The third-order valence-corrected chi connectivity index (χ3v) is 5.57. The number of hydrogen-bond donors (Lipinski definition) is 1. The molecule has 9 heteroatoms. The Balaban J connectivity index is 1.83. The predicted octanol–water partition coefficient (Wildman–Crippen LogP) is 0.263. The summed E-state index contributed by atoms with van der Waals surface area (Å²) in [5, 5.41) is 0. The summed E-state index contributed by atoms with van der Waals surface area (Å²) in [4.78, 5) is 19.4. The Bertz CT molecular complexity index is 829. The van der Waals surface area contributed by atoms with Gasteiger partial charge in [0, 0.05) is 31.0 Å². The molecule has 1 aliphatic rings. The van der Waals surface area contributed by atoms with E-state index in [4.69, 9.17) is 10.5 Å². The number of nitrogens with two attached hydrogens (primary N) is 1. The van der Waals surface area contributed by atoms with Crippen LogP contribution >= 0.6 is 0 Å². The van der Waals surface area contributed by atoms with Gasteiger partial charge in [0.2, 0.25) is 10.0 Å². The van der Waals surface area contributed by atoms with Gasteiger partial charge < -0.3 is 10.5 Å².